The number of nitrogens with one attached hydrogen (secondary N) is 1. The molecule has 24 heavy (non-hydrogen) atoms. The van der Waals surface area contributed by atoms with E-state index in [2.05, 4.69) is 10.3 Å². The van der Waals surface area contributed by atoms with Gasteiger partial charge in [-0.05, 0) is 62.4 Å². The van der Waals surface area contributed by atoms with Gasteiger partial charge in [0, 0.05) is 28.0 Å². The van der Waals surface area contributed by atoms with Crippen LogP contribution in [-0.4, -0.2) is 17.1 Å². The lowest BCUT2D eigenvalue weighted by Gasteiger charge is -2.11. The highest BCUT2D eigenvalue weighted by atomic mass is 35.5. The zero-order valence-corrected chi connectivity index (χ0v) is 14.2. The Morgan fingerprint density at radius 3 is 2.58 bits per heavy atom. The first-order valence-electron chi connectivity index (χ1n) is 7.65. The molecular weight excluding hydrogens is 324 g/mol. The average Bonchev–Trinajstić information content (AvgIpc) is 2.55. The molecule has 0 aliphatic rings. The Morgan fingerprint density at radius 2 is 1.88 bits per heavy atom. The van der Waals surface area contributed by atoms with Crippen molar-refractivity contribution in [2.75, 3.05) is 5.32 Å². The number of pyridine rings is 1. The summed E-state index contributed by atoms with van der Waals surface area (Å²) in [6.45, 7) is 3.66. The number of anilines is 2. The Balaban J connectivity index is 1.83. The summed E-state index contributed by atoms with van der Waals surface area (Å²) < 4.78 is 5.18. The SMILES string of the molecule is CC(C)OC(=O)c1ccc(Nc2ccnc3cc(Cl)ccc23)cc1. The number of benzene rings is 2. The van der Waals surface area contributed by atoms with Crippen LogP contribution in [0.3, 0.4) is 0 Å². The van der Waals surface area contributed by atoms with E-state index in [4.69, 9.17) is 16.3 Å². The number of rotatable bonds is 4. The van der Waals surface area contributed by atoms with Crippen LogP contribution in [0.1, 0.15) is 24.2 Å². The van der Waals surface area contributed by atoms with Crippen molar-refractivity contribution >= 4 is 39.8 Å². The molecule has 0 aliphatic heterocycles. The van der Waals surface area contributed by atoms with Crippen molar-refractivity contribution in [3.05, 3.63) is 65.3 Å². The van der Waals surface area contributed by atoms with Gasteiger partial charge in [0.05, 0.1) is 17.2 Å². The molecule has 5 heteroatoms. The van der Waals surface area contributed by atoms with Crippen LogP contribution in [0.4, 0.5) is 11.4 Å². The Hall–Kier alpha value is -2.59. The molecule has 2 aromatic carbocycles. The van der Waals surface area contributed by atoms with Gasteiger partial charge in [-0.25, -0.2) is 4.79 Å². The summed E-state index contributed by atoms with van der Waals surface area (Å²) in [5.74, 6) is -0.319. The zero-order valence-electron chi connectivity index (χ0n) is 13.4. The van der Waals surface area contributed by atoms with Gasteiger partial charge in [-0.3, -0.25) is 4.98 Å². The van der Waals surface area contributed by atoms with E-state index in [1.165, 1.54) is 0 Å². The molecule has 1 heterocycles. The van der Waals surface area contributed by atoms with Crippen LogP contribution in [0, 0.1) is 0 Å². The first kappa shape index (κ1) is 16.3. The van der Waals surface area contributed by atoms with E-state index >= 15 is 0 Å². The largest absolute Gasteiger partial charge is 0.459 e. The van der Waals surface area contributed by atoms with Crippen molar-refractivity contribution < 1.29 is 9.53 Å². The van der Waals surface area contributed by atoms with E-state index in [0.29, 0.717) is 10.6 Å². The van der Waals surface area contributed by atoms with Crippen molar-refractivity contribution in [3.8, 4) is 0 Å². The smallest absolute Gasteiger partial charge is 0.338 e. The number of carbonyl (C=O) groups is 1. The van der Waals surface area contributed by atoms with Crippen LogP contribution in [0.5, 0.6) is 0 Å². The summed E-state index contributed by atoms with van der Waals surface area (Å²) in [5.41, 5.74) is 3.15. The third-order valence-electron chi connectivity index (χ3n) is 3.45. The van der Waals surface area contributed by atoms with E-state index in [0.717, 1.165) is 22.3 Å². The molecule has 1 N–H and O–H groups in total. The Kier molecular flexibility index (Phi) is 4.67. The third kappa shape index (κ3) is 3.66. The van der Waals surface area contributed by atoms with E-state index in [1.807, 2.05) is 50.2 Å². The van der Waals surface area contributed by atoms with E-state index in [-0.39, 0.29) is 12.1 Å². The maximum absolute atomic E-state index is 11.9. The molecule has 3 rings (SSSR count). The van der Waals surface area contributed by atoms with Crippen LogP contribution >= 0.6 is 11.6 Å². The van der Waals surface area contributed by atoms with Crippen LogP contribution in [0.2, 0.25) is 5.02 Å². The van der Waals surface area contributed by atoms with Crippen LogP contribution in [0.15, 0.2) is 54.7 Å². The second-order valence-electron chi connectivity index (χ2n) is 5.68. The minimum absolute atomic E-state index is 0.134. The van der Waals surface area contributed by atoms with Crippen molar-refractivity contribution in [3.63, 3.8) is 0 Å². The van der Waals surface area contributed by atoms with Gasteiger partial charge < -0.3 is 10.1 Å². The summed E-state index contributed by atoms with van der Waals surface area (Å²) in [6, 6.07) is 14.7. The Labute approximate surface area is 145 Å². The molecule has 122 valence electrons. The van der Waals surface area contributed by atoms with Crippen molar-refractivity contribution in [1.29, 1.82) is 0 Å². The highest BCUT2D eigenvalue weighted by Gasteiger charge is 2.09. The topological polar surface area (TPSA) is 51.2 Å². The lowest BCUT2D eigenvalue weighted by molar-refractivity contribution is 0.0378. The number of aromatic nitrogens is 1. The normalized spacial score (nSPS) is 10.8. The summed E-state index contributed by atoms with van der Waals surface area (Å²) in [7, 11) is 0. The lowest BCUT2D eigenvalue weighted by atomic mass is 10.1. The molecule has 0 saturated carbocycles. The van der Waals surface area contributed by atoms with Gasteiger partial charge in [-0.2, -0.15) is 0 Å². The number of halogens is 1. The van der Waals surface area contributed by atoms with Gasteiger partial charge in [-0.1, -0.05) is 11.6 Å². The highest BCUT2D eigenvalue weighted by Crippen LogP contribution is 2.27. The molecule has 0 atom stereocenters. The molecule has 4 nitrogen and oxygen atoms in total. The molecule has 3 aromatic rings. The predicted molar refractivity (Wildman–Crippen MR) is 97.0 cm³/mol. The maximum atomic E-state index is 11.9. The van der Waals surface area contributed by atoms with Crippen LogP contribution < -0.4 is 5.32 Å². The molecule has 0 spiro atoms. The molecule has 0 unspecified atom stereocenters. The lowest BCUT2D eigenvalue weighted by Crippen LogP contribution is -2.11. The van der Waals surface area contributed by atoms with Gasteiger partial charge in [0.15, 0.2) is 0 Å². The van der Waals surface area contributed by atoms with E-state index in [1.54, 1.807) is 18.3 Å². The van der Waals surface area contributed by atoms with Gasteiger partial charge >= 0.3 is 5.97 Å². The number of hydrogen-bond donors (Lipinski definition) is 1. The summed E-state index contributed by atoms with van der Waals surface area (Å²) in [6.07, 6.45) is 1.60. The molecule has 0 fully saturated rings. The van der Waals surface area contributed by atoms with Crippen LogP contribution in [-0.2, 0) is 4.74 Å². The van der Waals surface area contributed by atoms with Crippen molar-refractivity contribution in [2.45, 2.75) is 20.0 Å². The first-order valence-corrected chi connectivity index (χ1v) is 8.03. The number of fused-ring (bicyclic) bond motifs is 1. The fourth-order valence-electron chi connectivity index (χ4n) is 2.36. The quantitative estimate of drug-likeness (QED) is 0.663. The summed E-state index contributed by atoms with van der Waals surface area (Å²) in [5, 5.41) is 4.97. The highest BCUT2D eigenvalue weighted by molar-refractivity contribution is 6.31. The van der Waals surface area contributed by atoms with E-state index < -0.39 is 0 Å². The molecule has 0 amide bonds. The molecule has 0 bridgehead atoms. The minimum Gasteiger partial charge on any atom is -0.459 e. The van der Waals surface area contributed by atoms with Crippen LogP contribution in [0.25, 0.3) is 10.9 Å². The number of carbonyl (C=O) groups excluding carboxylic acids is 1. The average molecular weight is 341 g/mol. The Bertz CT molecular complexity index is 876. The van der Waals surface area contributed by atoms with Gasteiger partial charge in [0.25, 0.3) is 0 Å². The molecule has 0 aliphatic carbocycles. The Morgan fingerprint density at radius 1 is 1.12 bits per heavy atom. The molecule has 0 radical (unpaired) electrons. The number of ether oxygens (including phenoxy) is 1. The van der Waals surface area contributed by atoms with Gasteiger partial charge in [0.1, 0.15) is 0 Å². The second-order valence-corrected chi connectivity index (χ2v) is 6.11. The summed E-state index contributed by atoms with van der Waals surface area (Å²) in [4.78, 5) is 16.2. The number of hydrogen-bond acceptors (Lipinski definition) is 4. The number of esters is 1. The maximum Gasteiger partial charge on any atom is 0.338 e. The fraction of sp³-hybridized carbons (Fsp3) is 0.158. The fourth-order valence-corrected chi connectivity index (χ4v) is 2.52. The minimum atomic E-state index is -0.319. The zero-order chi connectivity index (χ0) is 17.1. The third-order valence-corrected chi connectivity index (χ3v) is 3.68. The summed E-state index contributed by atoms with van der Waals surface area (Å²) >= 11 is 6.01. The van der Waals surface area contributed by atoms with Gasteiger partial charge in [-0.15, -0.1) is 0 Å². The number of nitrogens with zero attached hydrogens (tertiary/aromatic N) is 1. The molecule has 0 saturated heterocycles. The predicted octanol–water partition coefficient (Wildman–Crippen LogP) is 5.20. The van der Waals surface area contributed by atoms with E-state index in [9.17, 15) is 4.79 Å². The van der Waals surface area contributed by atoms with Crippen molar-refractivity contribution in [1.82, 2.24) is 4.98 Å². The first-order chi connectivity index (χ1) is 11.5. The monoisotopic (exact) mass is 340 g/mol. The molecule has 1 aromatic heterocycles. The van der Waals surface area contributed by atoms with Crippen molar-refractivity contribution in [2.24, 2.45) is 0 Å². The molecular formula is C19H17ClN2O2. The second kappa shape index (κ2) is 6.89. The standard InChI is InChI=1S/C19H17ClN2O2/c1-12(2)24-19(23)13-3-6-15(7-4-13)22-17-9-10-21-18-11-14(20)5-8-16(17)18/h3-12H,1-2H3,(H,21,22). The van der Waals surface area contributed by atoms with Gasteiger partial charge in [0.2, 0.25) is 0 Å².